The molecule has 0 aliphatic heterocycles. The standard InChI is InChI=1S/CH6O3Si.Na.H/c1-5(2,3)4;;/h2-4H,1H3;;. The van der Waals surface area contributed by atoms with Gasteiger partial charge in [0.1, 0.15) is 0 Å². The third-order valence-corrected chi connectivity index (χ3v) is 0. The Morgan fingerprint density at radius 2 is 1.17 bits per heavy atom. The zero-order chi connectivity index (χ0) is 4.50. The van der Waals surface area contributed by atoms with Gasteiger partial charge in [-0.15, -0.1) is 0 Å². The monoisotopic (exact) mass is 118 g/mol. The molecular weight excluding hydrogens is 111 g/mol. The van der Waals surface area contributed by atoms with E-state index in [1.807, 2.05) is 0 Å². The van der Waals surface area contributed by atoms with Crippen LogP contribution < -0.4 is 0 Å². The average Bonchev–Trinajstić information content (AvgIpc) is 0.722. The summed E-state index contributed by atoms with van der Waals surface area (Å²) in [6, 6.07) is 0. The van der Waals surface area contributed by atoms with Crippen LogP contribution in [0.25, 0.3) is 0 Å². The first-order valence-electron chi connectivity index (χ1n) is 1.17. The van der Waals surface area contributed by atoms with Gasteiger partial charge in [0.15, 0.2) is 0 Å². The Labute approximate surface area is 59.3 Å². The summed E-state index contributed by atoms with van der Waals surface area (Å²) in [6.45, 7) is 0.993. The molecule has 0 aromatic carbocycles. The Morgan fingerprint density at radius 1 is 1.17 bits per heavy atom. The first-order chi connectivity index (χ1) is 2.00. The van der Waals surface area contributed by atoms with E-state index in [-0.39, 0.29) is 29.6 Å². The molecule has 0 aromatic heterocycles. The first-order valence-corrected chi connectivity index (χ1v) is 3.51. The van der Waals surface area contributed by atoms with E-state index in [1.54, 1.807) is 0 Å². The van der Waals surface area contributed by atoms with Crippen molar-refractivity contribution in [1.29, 1.82) is 0 Å². The topological polar surface area (TPSA) is 60.7 Å². The van der Waals surface area contributed by atoms with Crippen LogP contribution in [0.3, 0.4) is 0 Å². The third-order valence-electron chi connectivity index (χ3n) is 0. The molecule has 0 atom stereocenters. The summed E-state index contributed by atoms with van der Waals surface area (Å²) in [4.78, 5) is 23.3. The van der Waals surface area contributed by atoms with E-state index in [0.717, 1.165) is 6.55 Å². The number of rotatable bonds is 0. The summed E-state index contributed by atoms with van der Waals surface area (Å²) in [7, 11) is -3.61. The summed E-state index contributed by atoms with van der Waals surface area (Å²) in [6.07, 6.45) is 0. The van der Waals surface area contributed by atoms with Gasteiger partial charge in [-0.2, -0.15) is 0 Å². The zero-order valence-corrected chi connectivity index (χ0v) is 3.84. The summed E-state index contributed by atoms with van der Waals surface area (Å²) in [5, 5.41) is 0. The van der Waals surface area contributed by atoms with Crippen LogP contribution >= 0.6 is 0 Å². The molecule has 0 saturated heterocycles. The van der Waals surface area contributed by atoms with Crippen molar-refractivity contribution in [2.45, 2.75) is 6.55 Å². The van der Waals surface area contributed by atoms with Gasteiger partial charge in [-0.05, 0) is 0 Å². The zero-order valence-electron chi connectivity index (χ0n) is 2.84. The fourth-order valence-corrected chi connectivity index (χ4v) is 0. The minimum atomic E-state index is -3.61. The van der Waals surface area contributed by atoms with Crippen molar-refractivity contribution in [2.24, 2.45) is 0 Å². The molecule has 0 unspecified atom stereocenters. The van der Waals surface area contributed by atoms with Crippen LogP contribution in [0.2, 0.25) is 6.55 Å². The predicted octanol–water partition coefficient (Wildman–Crippen LogP) is -2.12. The number of hydrogen-bond acceptors (Lipinski definition) is 3. The molecule has 0 spiro atoms. The van der Waals surface area contributed by atoms with Gasteiger partial charge in [-0.25, -0.2) is 0 Å². The minimum absolute atomic E-state index is 0. The molecule has 0 aliphatic carbocycles. The third kappa shape index (κ3) is 71.1. The van der Waals surface area contributed by atoms with Crippen LogP contribution in [0.1, 0.15) is 0 Å². The van der Waals surface area contributed by atoms with Gasteiger partial charge >= 0.3 is 38.4 Å². The summed E-state index contributed by atoms with van der Waals surface area (Å²) in [5.41, 5.74) is 0. The van der Waals surface area contributed by atoms with Crippen molar-refractivity contribution in [3.63, 3.8) is 0 Å². The van der Waals surface area contributed by atoms with E-state index >= 15 is 0 Å². The predicted molar refractivity (Wildman–Crippen MR) is 25.4 cm³/mol. The fourth-order valence-electron chi connectivity index (χ4n) is 0. The van der Waals surface area contributed by atoms with Crippen molar-refractivity contribution in [2.75, 3.05) is 0 Å². The maximum absolute atomic E-state index is 7.77. The molecule has 6 heavy (non-hydrogen) atoms. The molecule has 0 heterocycles. The summed E-state index contributed by atoms with van der Waals surface area (Å²) < 4.78 is 0. The molecule has 0 bridgehead atoms. The Bertz CT molecular complexity index is 26.3. The Balaban J connectivity index is 0. The van der Waals surface area contributed by atoms with Crippen molar-refractivity contribution >= 4 is 38.4 Å². The van der Waals surface area contributed by atoms with Crippen LogP contribution in [0, 0.1) is 0 Å². The molecule has 34 valence electrons. The molecule has 0 aliphatic rings. The van der Waals surface area contributed by atoms with E-state index in [4.69, 9.17) is 14.4 Å². The van der Waals surface area contributed by atoms with Crippen molar-refractivity contribution in [3.8, 4) is 0 Å². The van der Waals surface area contributed by atoms with Crippen LogP contribution in [0.4, 0.5) is 0 Å². The van der Waals surface area contributed by atoms with E-state index < -0.39 is 8.80 Å². The maximum atomic E-state index is 7.77. The van der Waals surface area contributed by atoms with Crippen molar-refractivity contribution in [1.82, 2.24) is 0 Å². The van der Waals surface area contributed by atoms with Gasteiger partial charge in [0.05, 0.1) is 0 Å². The van der Waals surface area contributed by atoms with Gasteiger partial charge in [-0.3, -0.25) is 0 Å². The van der Waals surface area contributed by atoms with Gasteiger partial charge < -0.3 is 14.4 Å². The van der Waals surface area contributed by atoms with Crippen LogP contribution in [0.15, 0.2) is 0 Å². The SMILES string of the molecule is C[Si](O)(O)O.[NaH]. The van der Waals surface area contributed by atoms with Crippen LogP contribution in [0.5, 0.6) is 0 Å². The Hall–Kier alpha value is 1.10. The molecule has 3 nitrogen and oxygen atoms in total. The second-order valence-corrected chi connectivity index (χ2v) is 2.91. The fraction of sp³-hybridized carbons (Fsp3) is 1.00. The van der Waals surface area contributed by atoms with Crippen molar-refractivity contribution in [3.05, 3.63) is 0 Å². The first kappa shape index (κ1) is 10.2. The second kappa shape index (κ2) is 3.14. The molecule has 0 saturated carbocycles. The molecule has 0 fully saturated rings. The van der Waals surface area contributed by atoms with E-state index in [1.165, 1.54) is 0 Å². The van der Waals surface area contributed by atoms with Crippen molar-refractivity contribution < 1.29 is 14.4 Å². The van der Waals surface area contributed by atoms with Gasteiger partial charge in [0, 0.05) is 6.55 Å². The Kier molecular flexibility index (Phi) is 5.32. The molecule has 0 aromatic rings. The van der Waals surface area contributed by atoms with E-state index in [0.29, 0.717) is 0 Å². The summed E-state index contributed by atoms with van der Waals surface area (Å²) in [5.74, 6) is 0. The van der Waals surface area contributed by atoms with Gasteiger partial charge in [0.25, 0.3) is 0 Å². The van der Waals surface area contributed by atoms with Crippen LogP contribution in [-0.2, 0) is 0 Å². The molecule has 3 N–H and O–H groups in total. The van der Waals surface area contributed by atoms with E-state index in [2.05, 4.69) is 0 Å². The number of hydrogen-bond donors (Lipinski definition) is 3. The van der Waals surface area contributed by atoms with Crippen LogP contribution in [-0.4, -0.2) is 52.7 Å². The van der Waals surface area contributed by atoms with E-state index in [9.17, 15) is 0 Å². The Morgan fingerprint density at radius 3 is 1.17 bits per heavy atom. The summed E-state index contributed by atoms with van der Waals surface area (Å²) >= 11 is 0. The van der Waals surface area contributed by atoms with Gasteiger partial charge in [0.2, 0.25) is 0 Å². The van der Waals surface area contributed by atoms with Gasteiger partial charge in [-0.1, -0.05) is 0 Å². The molecular formula is CH7NaO3Si. The molecule has 5 heteroatoms. The molecule has 0 rings (SSSR count). The quantitative estimate of drug-likeness (QED) is 0.319. The normalized spacial score (nSPS) is 10.0. The molecule has 0 radical (unpaired) electrons. The molecule has 0 amide bonds. The average molecular weight is 118 g/mol. The second-order valence-electron chi connectivity index (χ2n) is 0.971.